The molecule has 3 heterocycles. The van der Waals surface area contributed by atoms with Crippen LogP contribution in [-0.4, -0.2) is 20.8 Å². The summed E-state index contributed by atoms with van der Waals surface area (Å²) in [6.45, 7) is 0. The van der Waals surface area contributed by atoms with E-state index in [0.717, 1.165) is 33.2 Å². The van der Waals surface area contributed by atoms with Crippen molar-refractivity contribution in [3.63, 3.8) is 0 Å². The third kappa shape index (κ3) is 2.45. The smallest absolute Gasteiger partial charge is 0.281 e. The maximum Gasteiger partial charge on any atom is 0.281 e. The van der Waals surface area contributed by atoms with Crippen molar-refractivity contribution in [1.82, 2.24) is 14.5 Å². The summed E-state index contributed by atoms with van der Waals surface area (Å²) >= 11 is 1.72. The van der Waals surface area contributed by atoms with Crippen LogP contribution >= 0.6 is 11.8 Å². The van der Waals surface area contributed by atoms with Crippen LogP contribution in [0, 0.1) is 0 Å². The number of thioether (sulfide) groups is 1. The van der Waals surface area contributed by atoms with E-state index in [1.54, 1.807) is 11.8 Å². The molecular formula is C25H17N3OS. The van der Waals surface area contributed by atoms with Gasteiger partial charge in [0.15, 0.2) is 5.82 Å². The predicted molar refractivity (Wildman–Crippen MR) is 122 cm³/mol. The molecule has 1 unspecified atom stereocenters. The lowest BCUT2D eigenvalue weighted by Gasteiger charge is -2.19. The molecule has 5 heteroatoms. The molecule has 0 N–H and O–H groups in total. The number of rotatable bonds is 2. The number of benzene rings is 3. The molecule has 3 aromatic carbocycles. The molecular weight excluding hydrogens is 390 g/mol. The minimum atomic E-state index is -0.212. The van der Waals surface area contributed by atoms with Gasteiger partial charge in [-0.1, -0.05) is 42.5 Å². The molecule has 0 saturated carbocycles. The Hall–Kier alpha value is -3.44. The Labute approximate surface area is 177 Å². The lowest BCUT2D eigenvalue weighted by Crippen LogP contribution is -2.16. The Bertz CT molecular complexity index is 1510. The zero-order valence-corrected chi connectivity index (χ0v) is 17.1. The third-order valence-corrected chi connectivity index (χ3v) is 6.52. The van der Waals surface area contributed by atoms with E-state index in [9.17, 15) is 4.79 Å². The fraction of sp³-hybridized carbons (Fsp3) is 0.0800. The summed E-state index contributed by atoms with van der Waals surface area (Å²) in [4.78, 5) is 23.4. The molecule has 1 aliphatic rings. The first-order chi connectivity index (χ1) is 14.7. The van der Waals surface area contributed by atoms with Crippen molar-refractivity contribution in [1.29, 1.82) is 0 Å². The van der Waals surface area contributed by atoms with Crippen LogP contribution in [-0.2, 0) is 0 Å². The van der Waals surface area contributed by atoms with Gasteiger partial charge >= 0.3 is 0 Å². The number of nitrogens with zero attached hydrogens (tertiary/aromatic N) is 3. The van der Waals surface area contributed by atoms with Gasteiger partial charge in [0.05, 0.1) is 22.5 Å². The summed E-state index contributed by atoms with van der Waals surface area (Å²) in [7, 11) is 0. The van der Waals surface area contributed by atoms with E-state index in [2.05, 4.69) is 52.2 Å². The molecule has 5 aromatic rings. The average molecular weight is 407 g/mol. The Morgan fingerprint density at radius 3 is 2.50 bits per heavy atom. The average Bonchev–Trinajstić information content (AvgIpc) is 3.11. The van der Waals surface area contributed by atoms with Gasteiger partial charge in [0, 0.05) is 15.8 Å². The van der Waals surface area contributed by atoms with Crippen molar-refractivity contribution in [2.75, 3.05) is 6.26 Å². The topological polar surface area (TPSA) is 47.8 Å². The molecule has 0 bridgehead atoms. The minimum absolute atomic E-state index is 0.0824. The van der Waals surface area contributed by atoms with Crippen molar-refractivity contribution < 1.29 is 0 Å². The van der Waals surface area contributed by atoms with Gasteiger partial charge in [-0.15, -0.1) is 11.8 Å². The van der Waals surface area contributed by atoms with Crippen LogP contribution in [0.1, 0.15) is 17.2 Å². The van der Waals surface area contributed by atoms with Crippen LogP contribution in [0.4, 0.5) is 0 Å². The van der Waals surface area contributed by atoms with Gasteiger partial charge in [0.25, 0.3) is 5.56 Å². The van der Waals surface area contributed by atoms with E-state index < -0.39 is 0 Å². The molecule has 0 saturated heterocycles. The van der Waals surface area contributed by atoms with Gasteiger partial charge in [0.1, 0.15) is 5.69 Å². The molecule has 0 fully saturated rings. The highest BCUT2D eigenvalue weighted by atomic mass is 32.2. The van der Waals surface area contributed by atoms with Gasteiger partial charge in [-0.2, -0.15) is 4.98 Å². The molecule has 4 nitrogen and oxygen atoms in total. The van der Waals surface area contributed by atoms with Crippen molar-refractivity contribution in [2.24, 2.45) is 0 Å². The molecule has 0 aliphatic carbocycles. The Balaban J connectivity index is 1.73. The predicted octanol–water partition coefficient (Wildman–Crippen LogP) is 5.28. The summed E-state index contributed by atoms with van der Waals surface area (Å²) in [5.74, 6) is 0.637. The standard InChI is InChI=1S/C25H17N3OS/c1-30-17-12-10-15(11-13-17)23-19-14-16-6-2-4-8-20(16)26-22(19)24-27-25(29)18-7-3-5-9-21(18)28(23)24/h2-14,23H,1H3. The first-order valence-corrected chi connectivity index (χ1v) is 11.0. The summed E-state index contributed by atoms with van der Waals surface area (Å²) in [6.07, 6.45) is 2.08. The molecule has 0 spiro atoms. The van der Waals surface area contributed by atoms with E-state index in [1.165, 1.54) is 4.90 Å². The van der Waals surface area contributed by atoms with Crippen molar-refractivity contribution in [2.45, 2.75) is 10.9 Å². The molecule has 144 valence electrons. The zero-order valence-electron chi connectivity index (χ0n) is 16.2. The van der Waals surface area contributed by atoms with E-state index in [4.69, 9.17) is 4.98 Å². The van der Waals surface area contributed by atoms with Gasteiger partial charge in [-0.25, -0.2) is 4.98 Å². The van der Waals surface area contributed by atoms with Gasteiger partial charge in [-0.3, -0.25) is 4.79 Å². The van der Waals surface area contributed by atoms with E-state index in [-0.39, 0.29) is 11.6 Å². The molecule has 0 amide bonds. The fourth-order valence-corrected chi connectivity index (χ4v) is 4.80. The molecule has 30 heavy (non-hydrogen) atoms. The van der Waals surface area contributed by atoms with Crippen LogP contribution < -0.4 is 5.56 Å². The molecule has 0 radical (unpaired) electrons. The number of para-hydroxylation sites is 2. The van der Waals surface area contributed by atoms with Crippen LogP contribution in [0.25, 0.3) is 33.3 Å². The lowest BCUT2D eigenvalue weighted by molar-refractivity contribution is 0.726. The van der Waals surface area contributed by atoms with Crippen LogP contribution in [0.2, 0.25) is 0 Å². The largest absolute Gasteiger partial charge is 0.312 e. The van der Waals surface area contributed by atoms with Crippen molar-refractivity contribution in [3.05, 3.63) is 100 Å². The Kier molecular flexibility index (Phi) is 3.80. The number of fused-ring (bicyclic) bond motifs is 6. The highest BCUT2D eigenvalue weighted by Gasteiger charge is 2.33. The number of pyridine rings is 1. The molecule has 1 atom stereocenters. The highest BCUT2D eigenvalue weighted by molar-refractivity contribution is 7.98. The maximum atomic E-state index is 12.8. The summed E-state index contributed by atoms with van der Waals surface area (Å²) in [6, 6.07) is 26.5. The van der Waals surface area contributed by atoms with Crippen LogP contribution in [0.15, 0.2) is 88.6 Å². The number of aromatic nitrogens is 3. The number of hydrogen-bond donors (Lipinski definition) is 0. The fourth-order valence-electron chi connectivity index (χ4n) is 4.39. The van der Waals surface area contributed by atoms with Gasteiger partial charge < -0.3 is 4.57 Å². The highest BCUT2D eigenvalue weighted by Crippen LogP contribution is 2.43. The Morgan fingerprint density at radius 1 is 0.900 bits per heavy atom. The summed E-state index contributed by atoms with van der Waals surface area (Å²) in [5.41, 5.74) is 4.60. The zero-order chi connectivity index (χ0) is 20.2. The van der Waals surface area contributed by atoms with Crippen LogP contribution in [0.5, 0.6) is 0 Å². The Morgan fingerprint density at radius 2 is 1.67 bits per heavy atom. The molecule has 1 aliphatic heterocycles. The van der Waals surface area contributed by atoms with Crippen molar-refractivity contribution in [3.8, 4) is 11.5 Å². The van der Waals surface area contributed by atoms with Gasteiger partial charge in [0.2, 0.25) is 0 Å². The normalized spacial score (nSPS) is 14.8. The SMILES string of the molecule is CSc1ccc(C2c3cc4ccccc4nc3-c3nc(=O)c4ccccc4n32)cc1. The van der Waals surface area contributed by atoms with E-state index in [0.29, 0.717) is 11.2 Å². The first kappa shape index (κ1) is 17.4. The monoisotopic (exact) mass is 407 g/mol. The van der Waals surface area contributed by atoms with E-state index >= 15 is 0 Å². The second kappa shape index (κ2) is 6.54. The second-order valence-corrected chi connectivity index (χ2v) is 8.30. The lowest BCUT2D eigenvalue weighted by atomic mass is 9.98. The molecule has 2 aromatic heterocycles. The third-order valence-electron chi connectivity index (χ3n) is 5.78. The minimum Gasteiger partial charge on any atom is -0.312 e. The van der Waals surface area contributed by atoms with E-state index in [1.807, 2.05) is 42.5 Å². The van der Waals surface area contributed by atoms with Crippen molar-refractivity contribution >= 4 is 33.6 Å². The number of hydrogen-bond acceptors (Lipinski definition) is 4. The summed E-state index contributed by atoms with van der Waals surface area (Å²) in [5, 5.41) is 1.71. The maximum absolute atomic E-state index is 12.8. The quantitative estimate of drug-likeness (QED) is 0.366. The summed E-state index contributed by atoms with van der Waals surface area (Å²) < 4.78 is 2.17. The molecule has 6 rings (SSSR count). The van der Waals surface area contributed by atoms with Gasteiger partial charge in [-0.05, 0) is 48.2 Å². The second-order valence-electron chi connectivity index (χ2n) is 7.42. The van der Waals surface area contributed by atoms with Crippen LogP contribution in [0.3, 0.4) is 0 Å². The first-order valence-electron chi connectivity index (χ1n) is 9.80.